The van der Waals surface area contributed by atoms with Gasteiger partial charge in [0.05, 0.1) is 17.2 Å². The first kappa shape index (κ1) is 22.9. The van der Waals surface area contributed by atoms with Crippen LogP contribution in [0.3, 0.4) is 0 Å². The van der Waals surface area contributed by atoms with Gasteiger partial charge in [-0.1, -0.05) is 19.9 Å². The Morgan fingerprint density at radius 3 is 2.50 bits per heavy atom. The minimum absolute atomic E-state index is 0.0613. The topological polar surface area (TPSA) is 52.3 Å². The average Bonchev–Trinajstić information content (AvgIpc) is 3.20. The molecule has 3 aromatic rings. The summed E-state index contributed by atoms with van der Waals surface area (Å²) in [6.45, 7) is 8.35. The fraction of sp³-hybridized carbons (Fsp3) is 0.500. The Labute approximate surface area is 197 Å². The third-order valence-corrected chi connectivity index (χ3v) is 7.18. The molecule has 1 aliphatic heterocycles. The van der Waals surface area contributed by atoms with Gasteiger partial charge in [0, 0.05) is 17.1 Å². The number of aliphatic imine (C=N–C) groups is 1. The summed E-state index contributed by atoms with van der Waals surface area (Å²) >= 11 is 0. The molecule has 1 aromatic carbocycles. The van der Waals surface area contributed by atoms with Crippen LogP contribution in [0.25, 0.3) is 10.9 Å². The number of ether oxygens (including phenoxy) is 1. The highest BCUT2D eigenvalue weighted by atomic mass is 19.4. The molecule has 1 saturated carbocycles. The van der Waals surface area contributed by atoms with Gasteiger partial charge in [0.2, 0.25) is 5.90 Å². The Balaban J connectivity index is 1.50. The van der Waals surface area contributed by atoms with Crippen molar-refractivity contribution < 1.29 is 17.9 Å². The molecule has 0 N–H and O–H groups in total. The predicted octanol–water partition coefficient (Wildman–Crippen LogP) is 7.18. The van der Waals surface area contributed by atoms with Gasteiger partial charge in [-0.25, -0.2) is 9.98 Å². The molecule has 2 aliphatic rings. The molecule has 5 nitrogen and oxygen atoms in total. The molecule has 0 atom stereocenters. The molecule has 0 bridgehead atoms. The number of fused-ring (bicyclic) bond motifs is 2. The van der Waals surface area contributed by atoms with Crippen molar-refractivity contribution >= 4 is 22.5 Å². The van der Waals surface area contributed by atoms with Crippen molar-refractivity contribution in [1.82, 2.24) is 14.8 Å². The number of halogens is 3. The molecule has 8 heteroatoms. The van der Waals surface area contributed by atoms with Crippen LogP contribution in [0.2, 0.25) is 0 Å². The zero-order valence-corrected chi connectivity index (χ0v) is 19.9. The lowest BCUT2D eigenvalue weighted by atomic mass is 9.80. The second kappa shape index (κ2) is 8.10. The van der Waals surface area contributed by atoms with Crippen molar-refractivity contribution in [1.29, 1.82) is 0 Å². The summed E-state index contributed by atoms with van der Waals surface area (Å²) in [6, 6.07) is 8.07. The van der Waals surface area contributed by atoms with E-state index in [0.29, 0.717) is 17.6 Å². The minimum atomic E-state index is -4.53. The van der Waals surface area contributed by atoms with E-state index < -0.39 is 17.5 Å². The fourth-order valence-corrected chi connectivity index (χ4v) is 5.12. The molecule has 1 aliphatic carbocycles. The fourth-order valence-electron chi connectivity index (χ4n) is 5.12. The second-order valence-electron chi connectivity index (χ2n) is 10.3. The first-order valence-corrected chi connectivity index (χ1v) is 11.9. The van der Waals surface area contributed by atoms with E-state index in [0.717, 1.165) is 41.3 Å². The molecule has 1 fully saturated rings. The van der Waals surface area contributed by atoms with Crippen LogP contribution in [0.5, 0.6) is 0 Å². The molecule has 0 saturated heterocycles. The highest BCUT2D eigenvalue weighted by Crippen LogP contribution is 2.42. The Morgan fingerprint density at radius 2 is 1.82 bits per heavy atom. The van der Waals surface area contributed by atoms with E-state index >= 15 is 0 Å². The van der Waals surface area contributed by atoms with Crippen molar-refractivity contribution in [2.45, 2.75) is 71.2 Å². The number of rotatable bonds is 3. The van der Waals surface area contributed by atoms with Gasteiger partial charge >= 0.3 is 6.18 Å². The zero-order chi connectivity index (χ0) is 24.3. The highest BCUT2D eigenvalue weighted by Gasteiger charge is 2.36. The van der Waals surface area contributed by atoms with Crippen LogP contribution in [0.1, 0.15) is 76.4 Å². The molecule has 0 radical (unpaired) electrons. The van der Waals surface area contributed by atoms with Gasteiger partial charge < -0.3 is 4.74 Å². The second-order valence-corrected chi connectivity index (χ2v) is 10.3. The van der Waals surface area contributed by atoms with Gasteiger partial charge in [0.25, 0.3) is 0 Å². The van der Waals surface area contributed by atoms with Crippen LogP contribution in [0.4, 0.5) is 18.9 Å². The van der Waals surface area contributed by atoms with E-state index in [9.17, 15) is 13.2 Å². The zero-order valence-electron chi connectivity index (χ0n) is 19.9. The van der Waals surface area contributed by atoms with E-state index in [1.807, 2.05) is 26.0 Å². The summed E-state index contributed by atoms with van der Waals surface area (Å²) in [5.41, 5.74) is 0.688. The maximum Gasteiger partial charge on any atom is 0.433 e. The normalized spacial score (nSPS) is 22.4. The highest BCUT2D eigenvalue weighted by molar-refractivity contribution is 5.97. The molecular weight excluding hydrogens is 441 g/mol. The van der Waals surface area contributed by atoms with Crippen molar-refractivity contribution in [3.05, 3.63) is 53.5 Å². The standard InChI is InChI=1S/C26H29F3N4O/c1-15(2)16-8-10-18(11-9-16)33-14-17-12-22-19(13-21(17)32-33)25(3,4)34-24(31-22)20-6-5-7-23(30-20)26(27,28)29/h5-7,12-16,18H,8-11H2,1-4H3. The van der Waals surface area contributed by atoms with Gasteiger partial charge in [0.15, 0.2) is 0 Å². The van der Waals surface area contributed by atoms with Crippen LogP contribution < -0.4 is 0 Å². The van der Waals surface area contributed by atoms with Gasteiger partial charge in [-0.2, -0.15) is 18.3 Å². The van der Waals surface area contributed by atoms with Crippen LogP contribution in [-0.2, 0) is 16.5 Å². The van der Waals surface area contributed by atoms with E-state index in [1.165, 1.54) is 25.0 Å². The largest absolute Gasteiger partial charge is 0.465 e. The summed E-state index contributed by atoms with van der Waals surface area (Å²) in [6.07, 6.45) is 2.20. The molecule has 180 valence electrons. The maximum atomic E-state index is 13.2. The minimum Gasteiger partial charge on any atom is -0.465 e. The van der Waals surface area contributed by atoms with Crippen molar-refractivity contribution in [3.8, 4) is 0 Å². The molecule has 5 rings (SSSR count). The summed E-state index contributed by atoms with van der Waals surface area (Å²) in [4.78, 5) is 8.32. The van der Waals surface area contributed by atoms with Crippen molar-refractivity contribution in [2.75, 3.05) is 0 Å². The first-order valence-electron chi connectivity index (χ1n) is 11.9. The number of hydrogen-bond donors (Lipinski definition) is 0. The molecule has 2 aromatic heterocycles. The van der Waals surface area contributed by atoms with Gasteiger partial charge in [-0.15, -0.1) is 0 Å². The number of pyridine rings is 1. The molecular formula is C26H29F3N4O. The smallest absolute Gasteiger partial charge is 0.433 e. The predicted molar refractivity (Wildman–Crippen MR) is 125 cm³/mol. The van der Waals surface area contributed by atoms with Crippen LogP contribution in [-0.4, -0.2) is 20.7 Å². The van der Waals surface area contributed by atoms with Gasteiger partial charge in [0.1, 0.15) is 17.0 Å². The number of aromatic nitrogens is 3. The Kier molecular flexibility index (Phi) is 5.45. The van der Waals surface area contributed by atoms with E-state index in [-0.39, 0.29) is 11.6 Å². The van der Waals surface area contributed by atoms with Crippen molar-refractivity contribution in [3.63, 3.8) is 0 Å². The van der Waals surface area contributed by atoms with Crippen molar-refractivity contribution in [2.24, 2.45) is 16.8 Å². The number of benzene rings is 1. The van der Waals surface area contributed by atoms with Crippen LogP contribution in [0, 0.1) is 11.8 Å². The number of nitrogens with zero attached hydrogens (tertiary/aromatic N) is 4. The molecule has 34 heavy (non-hydrogen) atoms. The van der Waals surface area contributed by atoms with E-state index in [4.69, 9.17) is 9.84 Å². The lowest BCUT2D eigenvalue weighted by Crippen LogP contribution is -2.30. The van der Waals surface area contributed by atoms with Crippen LogP contribution in [0.15, 0.2) is 41.5 Å². The molecule has 0 spiro atoms. The third-order valence-electron chi connectivity index (χ3n) is 7.18. The quantitative estimate of drug-likeness (QED) is 0.407. The maximum absolute atomic E-state index is 13.2. The monoisotopic (exact) mass is 470 g/mol. The lowest BCUT2D eigenvalue weighted by Gasteiger charge is -2.32. The van der Waals surface area contributed by atoms with E-state index in [1.54, 1.807) is 0 Å². The Morgan fingerprint density at radius 1 is 1.09 bits per heavy atom. The number of alkyl halides is 3. The Bertz CT molecular complexity index is 1250. The first-order chi connectivity index (χ1) is 16.0. The summed E-state index contributed by atoms with van der Waals surface area (Å²) in [5.74, 6) is 1.58. The summed E-state index contributed by atoms with van der Waals surface area (Å²) in [7, 11) is 0. The third kappa shape index (κ3) is 4.18. The molecule has 0 unspecified atom stereocenters. The number of hydrogen-bond acceptors (Lipinski definition) is 4. The van der Waals surface area contributed by atoms with Gasteiger partial charge in [-0.3, -0.25) is 4.68 Å². The van der Waals surface area contributed by atoms with E-state index in [2.05, 4.69) is 34.7 Å². The SMILES string of the molecule is CC(C)C1CCC(n2cc3cc4c(cc3n2)C(C)(C)OC(c2cccc(C(F)(F)F)n2)=N4)CC1. The average molecular weight is 471 g/mol. The molecule has 0 amide bonds. The van der Waals surface area contributed by atoms with Gasteiger partial charge in [-0.05, 0) is 75.6 Å². The Hall–Kier alpha value is -2.90. The molecule has 3 heterocycles. The summed E-state index contributed by atoms with van der Waals surface area (Å²) in [5, 5.41) is 5.83. The lowest BCUT2D eigenvalue weighted by molar-refractivity contribution is -0.141. The summed E-state index contributed by atoms with van der Waals surface area (Å²) < 4.78 is 47.6. The van der Waals surface area contributed by atoms with Crippen LogP contribution >= 0.6 is 0 Å².